The number of nitrogens with one attached hydrogen (secondary N) is 2. The van der Waals surface area contributed by atoms with E-state index in [0.29, 0.717) is 24.1 Å². The number of amides is 1. The number of H-pyrrole nitrogens is 1. The van der Waals surface area contributed by atoms with E-state index in [-0.39, 0.29) is 11.5 Å². The highest BCUT2D eigenvalue weighted by Gasteiger charge is 2.22. The molecule has 4 rings (SSSR count). The quantitative estimate of drug-likeness (QED) is 0.892. The zero-order valence-electron chi connectivity index (χ0n) is 14.5. The average molecular weight is 341 g/mol. The molecule has 25 heavy (non-hydrogen) atoms. The smallest absolute Gasteiger partial charge is 0.255 e. The Labute approximate surface area is 145 Å². The van der Waals surface area contributed by atoms with Crippen molar-refractivity contribution in [1.82, 2.24) is 19.7 Å². The van der Waals surface area contributed by atoms with Crippen LogP contribution < -0.4 is 10.9 Å². The third kappa shape index (κ3) is 3.23. The Bertz CT molecular complexity index is 861. The Hall–Kier alpha value is -2.44. The largest absolute Gasteiger partial charge is 0.310 e. The number of fused-ring (bicyclic) bond motifs is 1. The van der Waals surface area contributed by atoms with Crippen molar-refractivity contribution in [3.8, 4) is 5.95 Å². The molecular weight excluding hydrogens is 318 g/mol. The van der Waals surface area contributed by atoms with Crippen LogP contribution in [0.3, 0.4) is 0 Å². The number of carbonyl (C=O) groups excluding carboxylic acids is 1. The molecule has 0 unspecified atom stereocenters. The van der Waals surface area contributed by atoms with Crippen LogP contribution in [0.1, 0.15) is 55.5 Å². The maximum atomic E-state index is 12.4. The van der Waals surface area contributed by atoms with E-state index in [0.717, 1.165) is 49.1 Å². The van der Waals surface area contributed by atoms with Crippen LogP contribution in [0.4, 0.5) is 5.82 Å². The molecule has 2 aromatic heterocycles. The van der Waals surface area contributed by atoms with Gasteiger partial charge in [0.05, 0.1) is 11.4 Å². The monoisotopic (exact) mass is 341 g/mol. The highest BCUT2D eigenvalue weighted by Crippen LogP contribution is 2.28. The molecule has 2 heterocycles. The molecule has 1 fully saturated rings. The standard InChI is InChI=1S/C18H23N5O2/c1-11-9-15(20-16(24)10-12-5-2-3-6-12)23(22-11)18-19-14-8-4-7-13(14)17(25)21-18/h9,12H,2-8,10H2,1H3,(H,20,24)(H,19,21,25). The summed E-state index contributed by atoms with van der Waals surface area (Å²) in [7, 11) is 0. The van der Waals surface area contributed by atoms with Crippen molar-refractivity contribution in [3.05, 3.63) is 33.4 Å². The molecular formula is C18H23N5O2. The zero-order chi connectivity index (χ0) is 17.4. The Morgan fingerprint density at radius 1 is 1.32 bits per heavy atom. The van der Waals surface area contributed by atoms with Gasteiger partial charge in [-0.3, -0.25) is 14.6 Å². The molecule has 0 aliphatic heterocycles. The summed E-state index contributed by atoms with van der Waals surface area (Å²) in [6.45, 7) is 1.86. The average Bonchev–Trinajstić information content (AvgIpc) is 3.28. The Morgan fingerprint density at radius 3 is 2.92 bits per heavy atom. The second-order valence-electron chi connectivity index (χ2n) is 7.15. The summed E-state index contributed by atoms with van der Waals surface area (Å²) in [4.78, 5) is 32.0. The number of rotatable bonds is 4. The SMILES string of the molecule is Cc1cc(NC(=O)CC2CCCC2)n(-c2nc3c(c(=O)[nH]2)CCC3)n1. The highest BCUT2D eigenvalue weighted by molar-refractivity contribution is 5.90. The summed E-state index contributed by atoms with van der Waals surface area (Å²) in [5, 5.41) is 7.35. The molecule has 0 aromatic carbocycles. The minimum Gasteiger partial charge on any atom is -0.310 e. The van der Waals surface area contributed by atoms with Crippen LogP contribution in [0.15, 0.2) is 10.9 Å². The maximum Gasteiger partial charge on any atom is 0.255 e. The van der Waals surface area contributed by atoms with E-state index in [2.05, 4.69) is 20.4 Å². The first-order valence-corrected chi connectivity index (χ1v) is 9.09. The van der Waals surface area contributed by atoms with Crippen LogP contribution >= 0.6 is 0 Å². The second kappa shape index (κ2) is 6.46. The molecule has 2 aliphatic carbocycles. The summed E-state index contributed by atoms with van der Waals surface area (Å²) < 4.78 is 1.53. The minimum atomic E-state index is -0.103. The summed E-state index contributed by atoms with van der Waals surface area (Å²) in [5.41, 5.74) is 2.28. The molecule has 2 aromatic rings. The minimum absolute atomic E-state index is 0.00319. The van der Waals surface area contributed by atoms with Gasteiger partial charge in [0.2, 0.25) is 11.9 Å². The van der Waals surface area contributed by atoms with Crippen molar-refractivity contribution in [2.75, 3.05) is 5.32 Å². The van der Waals surface area contributed by atoms with Gasteiger partial charge >= 0.3 is 0 Å². The van der Waals surface area contributed by atoms with Gasteiger partial charge in [-0.2, -0.15) is 9.78 Å². The van der Waals surface area contributed by atoms with Crippen molar-refractivity contribution in [2.24, 2.45) is 5.92 Å². The number of aromatic nitrogens is 4. The Morgan fingerprint density at radius 2 is 2.12 bits per heavy atom. The molecule has 0 bridgehead atoms. The fourth-order valence-electron chi connectivity index (χ4n) is 3.95. The lowest BCUT2D eigenvalue weighted by Crippen LogP contribution is -2.21. The summed E-state index contributed by atoms with van der Waals surface area (Å²) in [6, 6.07) is 1.81. The van der Waals surface area contributed by atoms with Gasteiger partial charge in [-0.25, -0.2) is 4.98 Å². The fraction of sp³-hybridized carbons (Fsp3) is 0.556. The van der Waals surface area contributed by atoms with Crippen molar-refractivity contribution < 1.29 is 4.79 Å². The third-order valence-corrected chi connectivity index (χ3v) is 5.18. The van der Waals surface area contributed by atoms with Crippen molar-refractivity contribution in [3.63, 3.8) is 0 Å². The first-order valence-electron chi connectivity index (χ1n) is 9.09. The molecule has 0 saturated heterocycles. The van der Waals surface area contributed by atoms with Crippen LogP contribution in [-0.2, 0) is 17.6 Å². The van der Waals surface area contributed by atoms with Crippen molar-refractivity contribution in [2.45, 2.75) is 58.3 Å². The van der Waals surface area contributed by atoms with E-state index >= 15 is 0 Å². The van der Waals surface area contributed by atoms with E-state index in [1.54, 1.807) is 6.07 Å². The molecule has 2 aliphatic rings. The molecule has 7 nitrogen and oxygen atoms in total. The second-order valence-corrected chi connectivity index (χ2v) is 7.15. The zero-order valence-corrected chi connectivity index (χ0v) is 14.5. The summed E-state index contributed by atoms with van der Waals surface area (Å²) in [5.74, 6) is 1.41. The number of anilines is 1. The van der Waals surface area contributed by atoms with Crippen LogP contribution in [0.25, 0.3) is 5.95 Å². The number of hydrogen-bond acceptors (Lipinski definition) is 4. The van der Waals surface area contributed by atoms with Crippen LogP contribution in [0, 0.1) is 12.8 Å². The number of nitrogens with zero attached hydrogens (tertiary/aromatic N) is 3. The van der Waals surface area contributed by atoms with Crippen LogP contribution in [0.5, 0.6) is 0 Å². The summed E-state index contributed by atoms with van der Waals surface area (Å²) >= 11 is 0. The number of aryl methyl sites for hydroxylation is 2. The molecule has 0 atom stereocenters. The topological polar surface area (TPSA) is 92.7 Å². The third-order valence-electron chi connectivity index (χ3n) is 5.18. The molecule has 7 heteroatoms. The summed E-state index contributed by atoms with van der Waals surface area (Å²) in [6.07, 6.45) is 7.79. The van der Waals surface area contributed by atoms with Gasteiger partial charge in [-0.05, 0) is 44.9 Å². The van der Waals surface area contributed by atoms with Crippen LogP contribution in [0.2, 0.25) is 0 Å². The number of carbonyl (C=O) groups is 1. The van der Waals surface area contributed by atoms with Gasteiger partial charge in [-0.15, -0.1) is 0 Å². The van der Waals surface area contributed by atoms with Gasteiger partial charge in [0.25, 0.3) is 5.56 Å². The Balaban J connectivity index is 1.60. The van der Waals surface area contributed by atoms with Gasteiger partial charge in [0, 0.05) is 18.1 Å². The van der Waals surface area contributed by atoms with Crippen molar-refractivity contribution >= 4 is 11.7 Å². The lowest BCUT2D eigenvalue weighted by atomic mass is 10.0. The normalized spacial score (nSPS) is 17.0. The fourth-order valence-corrected chi connectivity index (χ4v) is 3.95. The maximum absolute atomic E-state index is 12.4. The van der Waals surface area contributed by atoms with E-state index < -0.39 is 0 Å². The predicted molar refractivity (Wildman–Crippen MR) is 93.9 cm³/mol. The molecule has 0 radical (unpaired) electrons. The van der Waals surface area contributed by atoms with E-state index in [1.807, 2.05) is 6.92 Å². The van der Waals surface area contributed by atoms with Gasteiger partial charge in [0.15, 0.2) is 0 Å². The molecule has 2 N–H and O–H groups in total. The molecule has 132 valence electrons. The first kappa shape index (κ1) is 16.1. The molecule has 0 spiro atoms. The Kier molecular flexibility index (Phi) is 4.15. The van der Waals surface area contributed by atoms with E-state index in [1.165, 1.54) is 17.5 Å². The number of aromatic amines is 1. The van der Waals surface area contributed by atoms with Crippen molar-refractivity contribution in [1.29, 1.82) is 0 Å². The van der Waals surface area contributed by atoms with E-state index in [4.69, 9.17) is 0 Å². The van der Waals surface area contributed by atoms with Gasteiger partial charge in [0.1, 0.15) is 5.82 Å². The van der Waals surface area contributed by atoms with Gasteiger partial charge in [-0.1, -0.05) is 12.8 Å². The molecule has 1 saturated carbocycles. The van der Waals surface area contributed by atoms with Crippen LogP contribution in [-0.4, -0.2) is 25.7 Å². The lowest BCUT2D eigenvalue weighted by Gasteiger charge is -2.11. The highest BCUT2D eigenvalue weighted by atomic mass is 16.1. The first-order chi connectivity index (χ1) is 12.1. The lowest BCUT2D eigenvalue weighted by molar-refractivity contribution is -0.117. The van der Waals surface area contributed by atoms with Gasteiger partial charge < -0.3 is 5.32 Å². The molecule has 1 amide bonds. The number of hydrogen-bond donors (Lipinski definition) is 2. The predicted octanol–water partition coefficient (Wildman–Crippen LogP) is 2.27. The van der Waals surface area contributed by atoms with E-state index in [9.17, 15) is 9.59 Å².